The number of benzene rings is 1. The first-order valence-corrected chi connectivity index (χ1v) is 7.21. The quantitative estimate of drug-likeness (QED) is 0.752. The smallest absolute Gasteiger partial charge is 0.122 e. The third kappa shape index (κ3) is 4.38. The van der Waals surface area contributed by atoms with Crippen molar-refractivity contribution in [2.45, 2.75) is 38.8 Å². The van der Waals surface area contributed by atoms with Gasteiger partial charge in [-0.05, 0) is 30.9 Å². The molecule has 20 heavy (non-hydrogen) atoms. The van der Waals surface area contributed by atoms with E-state index < -0.39 is 0 Å². The number of aromatic nitrogens is 2. The van der Waals surface area contributed by atoms with Gasteiger partial charge in [-0.15, -0.1) is 0 Å². The fraction of sp³-hybridized carbons (Fsp3) is 0.438. The fourth-order valence-corrected chi connectivity index (χ4v) is 2.09. The van der Waals surface area contributed by atoms with Gasteiger partial charge in [0.1, 0.15) is 5.75 Å². The molecule has 108 valence electrons. The number of nitrogens with two attached hydrogens (primary N) is 1. The van der Waals surface area contributed by atoms with Crippen LogP contribution in [0.25, 0.3) is 0 Å². The molecule has 1 unspecified atom stereocenters. The molecule has 0 fully saturated rings. The standard InChI is InChI=1S/C16H23N3O/c1-2-15(17)12-14-6-3-4-7-16(14)20-11-5-9-19-10-8-18-13-19/h3-4,6-8,10,13,15H,2,5,9,11-12,17H2,1H3. The second-order valence-electron chi connectivity index (χ2n) is 4.98. The zero-order valence-electron chi connectivity index (χ0n) is 12.0. The van der Waals surface area contributed by atoms with E-state index in [1.54, 1.807) is 6.20 Å². The van der Waals surface area contributed by atoms with Gasteiger partial charge < -0.3 is 15.0 Å². The van der Waals surface area contributed by atoms with Crippen molar-refractivity contribution in [3.8, 4) is 5.75 Å². The highest BCUT2D eigenvalue weighted by molar-refractivity contribution is 5.33. The predicted molar refractivity (Wildman–Crippen MR) is 80.8 cm³/mol. The predicted octanol–water partition coefficient (Wildman–Crippen LogP) is 2.63. The van der Waals surface area contributed by atoms with Crippen molar-refractivity contribution in [2.75, 3.05) is 6.61 Å². The molecule has 1 aromatic carbocycles. The molecule has 1 heterocycles. The van der Waals surface area contributed by atoms with Crippen LogP contribution in [0, 0.1) is 0 Å². The van der Waals surface area contributed by atoms with Gasteiger partial charge in [0.2, 0.25) is 0 Å². The summed E-state index contributed by atoms with van der Waals surface area (Å²) >= 11 is 0. The highest BCUT2D eigenvalue weighted by Gasteiger charge is 2.07. The summed E-state index contributed by atoms with van der Waals surface area (Å²) in [5.74, 6) is 0.960. The molecule has 1 aromatic heterocycles. The molecular weight excluding hydrogens is 250 g/mol. The van der Waals surface area contributed by atoms with Crippen LogP contribution in [0.1, 0.15) is 25.3 Å². The molecule has 0 aliphatic rings. The molecule has 0 spiro atoms. The molecule has 0 amide bonds. The van der Waals surface area contributed by atoms with Crippen molar-refractivity contribution >= 4 is 0 Å². The molecular formula is C16H23N3O. The highest BCUT2D eigenvalue weighted by Crippen LogP contribution is 2.20. The molecule has 2 aromatic rings. The van der Waals surface area contributed by atoms with E-state index in [1.807, 2.05) is 30.7 Å². The Morgan fingerprint density at radius 1 is 1.35 bits per heavy atom. The molecule has 4 heteroatoms. The fourth-order valence-electron chi connectivity index (χ4n) is 2.09. The van der Waals surface area contributed by atoms with Gasteiger partial charge in [0.25, 0.3) is 0 Å². The highest BCUT2D eigenvalue weighted by atomic mass is 16.5. The molecule has 0 saturated carbocycles. The Morgan fingerprint density at radius 3 is 2.95 bits per heavy atom. The van der Waals surface area contributed by atoms with Crippen LogP contribution in [0.2, 0.25) is 0 Å². The van der Waals surface area contributed by atoms with Gasteiger partial charge in [-0.2, -0.15) is 0 Å². The normalized spacial score (nSPS) is 12.3. The molecule has 0 saturated heterocycles. The molecule has 2 rings (SSSR count). The molecule has 0 aliphatic carbocycles. The average molecular weight is 273 g/mol. The van der Waals surface area contributed by atoms with Crippen molar-refractivity contribution in [1.82, 2.24) is 9.55 Å². The van der Waals surface area contributed by atoms with E-state index in [4.69, 9.17) is 10.5 Å². The first-order valence-electron chi connectivity index (χ1n) is 7.21. The van der Waals surface area contributed by atoms with Crippen LogP contribution < -0.4 is 10.5 Å². The van der Waals surface area contributed by atoms with Gasteiger partial charge in [-0.1, -0.05) is 25.1 Å². The summed E-state index contributed by atoms with van der Waals surface area (Å²) in [6, 6.07) is 8.36. The van der Waals surface area contributed by atoms with Crippen LogP contribution in [0.5, 0.6) is 5.75 Å². The van der Waals surface area contributed by atoms with E-state index in [1.165, 1.54) is 5.56 Å². The van der Waals surface area contributed by atoms with E-state index >= 15 is 0 Å². The number of hydrogen-bond acceptors (Lipinski definition) is 3. The van der Waals surface area contributed by atoms with Gasteiger partial charge in [0.15, 0.2) is 0 Å². The topological polar surface area (TPSA) is 53.1 Å². The Labute approximate surface area is 120 Å². The van der Waals surface area contributed by atoms with Crippen LogP contribution in [0.15, 0.2) is 43.0 Å². The molecule has 1 atom stereocenters. The van der Waals surface area contributed by atoms with Gasteiger partial charge in [-0.3, -0.25) is 0 Å². The second kappa shape index (κ2) is 7.70. The summed E-state index contributed by atoms with van der Waals surface area (Å²) in [6.45, 7) is 3.74. The summed E-state index contributed by atoms with van der Waals surface area (Å²) in [6.07, 6.45) is 8.40. The minimum atomic E-state index is 0.200. The Bertz CT molecular complexity index is 496. The third-order valence-electron chi connectivity index (χ3n) is 3.36. The number of nitrogens with zero attached hydrogens (tertiary/aromatic N) is 2. The minimum absolute atomic E-state index is 0.200. The lowest BCUT2D eigenvalue weighted by Gasteiger charge is -2.14. The van der Waals surface area contributed by atoms with Crippen LogP contribution >= 0.6 is 0 Å². The molecule has 0 aliphatic heterocycles. The number of hydrogen-bond donors (Lipinski definition) is 1. The monoisotopic (exact) mass is 273 g/mol. The van der Waals surface area contributed by atoms with Gasteiger partial charge in [-0.25, -0.2) is 4.98 Å². The zero-order chi connectivity index (χ0) is 14.2. The number of rotatable bonds is 8. The average Bonchev–Trinajstić information content (AvgIpc) is 2.98. The number of ether oxygens (including phenoxy) is 1. The second-order valence-corrected chi connectivity index (χ2v) is 4.98. The van der Waals surface area contributed by atoms with Crippen molar-refractivity contribution < 1.29 is 4.74 Å². The number of aryl methyl sites for hydroxylation is 1. The summed E-state index contributed by atoms with van der Waals surface area (Å²) < 4.78 is 7.95. The van der Waals surface area contributed by atoms with Crippen molar-refractivity contribution in [2.24, 2.45) is 5.73 Å². The van der Waals surface area contributed by atoms with Crippen LogP contribution in [0.3, 0.4) is 0 Å². The Hall–Kier alpha value is -1.81. The molecule has 2 N–H and O–H groups in total. The van der Waals surface area contributed by atoms with Crippen LogP contribution in [-0.2, 0) is 13.0 Å². The molecule has 4 nitrogen and oxygen atoms in total. The lowest BCUT2D eigenvalue weighted by Crippen LogP contribution is -2.21. The summed E-state index contributed by atoms with van der Waals surface area (Å²) in [5.41, 5.74) is 7.23. The van der Waals surface area contributed by atoms with Crippen molar-refractivity contribution in [3.63, 3.8) is 0 Å². The third-order valence-corrected chi connectivity index (χ3v) is 3.36. The SMILES string of the molecule is CCC(N)Cc1ccccc1OCCCn1ccnc1. The summed E-state index contributed by atoms with van der Waals surface area (Å²) in [4.78, 5) is 4.02. The van der Waals surface area contributed by atoms with Crippen LogP contribution in [-0.4, -0.2) is 22.2 Å². The first kappa shape index (κ1) is 14.6. The molecule has 0 bridgehead atoms. The van der Waals surface area contributed by atoms with E-state index in [0.29, 0.717) is 6.61 Å². The van der Waals surface area contributed by atoms with Gasteiger partial charge >= 0.3 is 0 Å². The van der Waals surface area contributed by atoms with E-state index in [2.05, 4.69) is 22.5 Å². The van der Waals surface area contributed by atoms with E-state index in [-0.39, 0.29) is 6.04 Å². The Kier molecular flexibility index (Phi) is 5.62. The van der Waals surface area contributed by atoms with Crippen molar-refractivity contribution in [1.29, 1.82) is 0 Å². The van der Waals surface area contributed by atoms with Crippen LogP contribution in [0.4, 0.5) is 0 Å². The summed E-state index contributed by atoms with van der Waals surface area (Å²) in [5, 5.41) is 0. The van der Waals surface area contributed by atoms with E-state index in [9.17, 15) is 0 Å². The lowest BCUT2D eigenvalue weighted by atomic mass is 10.0. The zero-order valence-corrected chi connectivity index (χ0v) is 12.0. The maximum Gasteiger partial charge on any atom is 0.122 e. The largest absolute Gasteiger partial charge is 0.493 e. The minimum Gasteiger partial charge on any atom is -0.493 e. The van der Waals surface area contributed by atoms with Gasteiger partial charge in [0.05, 0.1) is 12.9 Å². The number of para-hydroxylation sites is 1. The maximum absolute atomic E-state index is 6.03. The van der Waals surface area contributed by atoms with Crippen molar-refractivity contribution in [3.05, 3.63) is 48.5 Å². The first-order chi connectivity index (χ1) is 9.79. The maximum atomic E-state index is 6.03. The molecule has 0 radical (unpaired) electrons. The van der Waals surface area contributed by atoms with E-state index in [0.717, 1.165) is 31.6 Å². The summed E-state index contributed by atoms with van der Waals surface area (Å²) in [7, 11) is 0. The Morgan fingerprint density at radius 2 is 2.20 bits per heavy atom. The Balaban J connectivity index is 1.82. The number of imidazole rings is 1. The van der Waals surface area contributed by atoms with Gasteiger partial charge in [0, 0.05) is 25.0 Å². The lowest BCUT2D eigenvalue weighted by molar-refractivity contribution is 0.298.